The average Bonchev–Trinajstić information content (AvgIpc) is 2.86. The van der Waals surface area contributed by atoms with E-state index in [2.05, 4.69) is 35.7 Å². The molecule has 1 aromatic heterocycles. The summed E-state index contributed by atoms with van der Waals surface area (Å²) in [6, 6.07) is 13.5. The summed E-state index contributed by atoms with van der Waals surface area (Å²) >= 11 is 0. The molecule has 1 aliphatic rings. The summed E-state index contributed by atoms with van der Waals surface area (Å²) in [7, 11) is 3.20. The van der Waals surface area contributed by atoms with Gasteiger partial charge in [-0.05, 0) is 31.2 Å². The highest BCUT2D eigenvalue weighted by atomic mass is 16.5. The molecule has 0 aliphatic carbocycles. The van der Waals surface area contributed by atoms with Crippen molar-refractivity contribution in [3.8, 4) is 11.5 Å². The number of hydrogen-bond donors (Lipinski definition) is 2. The van der Waals surface area contributed by atoms with E-state index in [-0.39, 0.29) is 0 Å². The van der Waals surface area contributed by atoms with Crippen LogP contribution >= 0.6 is 0 Å². The Hall–Kier alpha value is -3.92. The maximum Gasteiger partial charge on any atom is 0.250 e. The molecule has 0 radical (unpaired) electrons. The van der Waals surface area contributed by atoms with Gasteiger partial charge < -0.3 is 24.4 Å². The minimum Gasteiger partial charge on any atom is -0.496 e. The largest absolute Gasteiger partial charge is 0.496 e. The number of nitrogens with one attached hydrogen (secondary N) is 2. The number of anilines is 4. The van der Waals surface area contributed by atoms with Crippen molar-refractivity contribution in [3.05, 3.63) is 53.6 Å². The summed E-state index contributed by atoms with van der Waals surface area (Å²) < 4.78 is 16.3. The zero-order valence-electron chi connectivity index (χ0n) is 18.9. The fourth-order valence-corrected chi connectivity index (χ4v) is 3.30. The van der Waals surface area contributed by atoms with Gasteiger partial charge in [-0.2, -0.15) is 20.1 Å². The summed E-state index contributed by atoms with van der Waals surface area (Å²) in [5, 5.41) is 7.56. The van der Waals surface area contributed by atoms with Crippen LogP contribution < -0.4 is 25.1 Å². The highest BCUT2D eigenvalue weighted by Gasteiger charge is 2.17. The zero-order valence-corrected chi connectivity index (χ0v) is 18.9. The molecule has 1 fully saturated rings. The molecule has 10 heteroatoms. The Labute approximate surface area is 192 Å². The highest BCUT2D eigenvalue weighted by Crippen LogP contribution is 2.26. The first kappa shape index (κ1) is 22.3. The third-order valence-electron chi connectivity index (χ3n) is 5.05. The number of nitrogens with zero attached hydrogens (tertiary/aromatic N) is 5. The Morgan fingerprint density at radius 2 is 1.61 bits per heavy atom. The third kappa shape index (κ3) is 5.66. The van der Waals surface area contributed by atoms with Crippen molar-refractivity contribution < 1.29 is 14.2 Å². The van der Waals surface area contributed by atoms with Gasteiger partial charge in [0.05, 0.1) is 39.2 Å². The molecule has 0 amide bonds. The van der Waals surface area contributed by atoms with Gasteiger partial charge in [0.15, 0.2) is 0 Å². The Morgan fingerprint density at radius 3 is 2.27 bits per heavy atom. The summed E-state index contributed by atoms with van der Waals surface area (Å²) in [6.07, 6.45) is 1.61. The molecule has 0 bridgehead atoms. The van der Waals surface area contributed by atoms with Crippen LogP contribution in [0.15, 0.2) is 47.6 Å². The van der Waals surface area contributed by atoms with Crippen molar-refractivity contribution in [1.82, 2.24) is 15.0 Å². The fourth-order valence-electron chi connectivity index (χ4n) is 3.30. The first-order valence-corrected chi connectivity index (χ1v) is 10.6. The van der Waals surface area contributed by atoms with Crippen LogP contribution in [0.25, 0.3) is 0 Å². The fraction of sp³-hybridized carbons (Fsp3) is 0.304. The van der Waals surface area contributed by atoms with Crippen LogP contribution in [-0.2, 0) is 4.74 Å². The van der Waals surface area contributed by atoms with Gasteiger partial charge in [0.2, 0.25) is 17.8 Å². The van der Waals surface area contributed by atoms with Crippen molar-refractivity contribution in [1.29, 1.82) is 0 Å². The quantitative estimate of drug-likeness (QED) is 0.396. The average molecular weight is 450 g/mol. The smallest absolute Gasteiger partial charge is 0.250 e. The second-order valence-electron chi connectivity index (χ2n) is 7.32. The Bertz CT molecular complexity index is 1080. The van der Waals surface area contributed by atoms with E-state index in [1.54, 1.807) is 20.4 Å². The molecule has 3 aromatic rings. The lowest BCUT2D eigenvalue weighted by Crippen LogP contribution is -2.37. The number of benzene rings is 2. The molecule has 2 heterocycles. The van der Waals surface area contributed by atoms with Gasteiger partial charge in [0, 0.05) is 18.8 Å². The number of hydrogen-bond acceptors (Lipinski definition) is 10. The van der Waals surface area contributed by atoms with Gasteiger partial charge >= 0.3 is 0 Å². The number of methoxy groups -OCH3 is 2. The maximum absolute atomic E-state index is 5.45. The number of morpholine rings is 1. The van der Waals surface area contributed by atoms with E-state index >= 15 is 0 Å². The van der Waals surface area contributed by atoms with Gasteiger partial charge in [-0.3, -0.25) is 0 Å². The summed E-state index contributed by atoms with van der Waals surface area (Å²) in [6.45, 7) is 4.70. The molecular weight excluding hydrogens is 422 g/mol. The summed E-state index contributed by atoms with van der Waals surface area (Å²) in [5.41, 5.74) is 5.67. The molecule has 0 atom stereocenters. The number of hydrazone groups is 1. The van der Waals surface area contributed by atoms with Crippen molar-refractivity contribution in [2.75, 3.05) is 56.2 Å². The van der Waals surface area contributed by atoms with E-state index < -0.39 is 0 Å². The molecular formula is C23H27N7O3. The molecule has 2 aromatic carbocycles. The van der Waals surface area contributed by atoms with Gasteiger partial charge in [-0.25, -0.2) is 5.43 Å². The minimum atomic E-state index is 0.311. The lowest BCUT2D eigenvalue weighted by molar-refractivity contribution is 0.122. The lowest BCUT2D eigenvalue weighted by atomic mass is 10.2. The first-order valence-electron chi connectivity index (χ1n) is 10.6. The molecule has 172 valence electrons. The molecule has 0 spiro atoms. The van der Waals surface area contributed by atoms with Crippen molar-refractivity contribution in [3.63, 3.8) is 0 Å². The molecule has 1 aliphatic heterocycles. The lowest BCUT2D eigenvalue weighted by Gasteiger charge is -2.27. The first-order chi connectivity index (χ1) is 16.2. The Kier molecular flexibility index (Phi) is 7.16. The number of aryl methyl sites for hydroxylation is 1. The van der Waals surface area contributed by atoms with E-state index in [4.69, 9.17) is 14.2 Å². The Balaban J connectivity index is 1.60. The molecule has 10 nitrogen and oxygen atoms in total. The maximum atomic E-state index is 5.45. The number of ether oxygens (including phenoxy) is 3. The van der Waals surface area contributed by atoms with Gasteiger partial charge in [0.1, 0.15) is 11.5 Å². The molecule has 0 unspecified atom stereocenters. The van der Waals surface area contributed by atoms with Crippen LogP contribution in [0.4, 0.5) is 23.5 Å². The van der Waals surface area contributed by atoms with Gasteiger partial charge in [-0.15, -0.1) is 0 Å². The van der Waals surface area contributed by atoms with Crippen molar-refractivity contribution in [2.45, 2.75) is 6.92 Å². The predicted molar refractivity (Wildman–Crippen MR) is 128 cm³/mol. The van der Waals surface area contributed by atoms with E-state index in [0.717, 1.165) is 5.69 Å². The van der Waals surface area contributed by atoms with Crippen LogP contribution in [0.5, 0.6) is 11.5 Å². The van der Waals surface area contributed by atoms with Crippen molar-refractivity contribution in [2.24, 2.45) is 5.10 Å². The van der Waals surface area contributed by atoms with E-state index in [1.165, 1.54) is 5.56 Å². The number of rotatable bonds is 8. The topological polar surface area (TPSA) is 106 Å². The minimum absolute atomic E-state index is 0.311. The molecule has 2 N–H and O–H groups in total. The monoisotopic (exact) mass is 449 g/mol. The van der Waals surface area contributed by atoms with Crippen LogP contribution in [0.2, 0.25) is 0 Å². The predicted octanol–water partition coefficient (Wildman–Crippen LogP) is 3.22. The third-order valence-corrected chi connectivity index (χ3v) is 5.05. The van der Waals surface area contributed by atoms with Gasteiger partial charge in [0.25, 0.3) is 0 Å². The molecule has 0 saturated carbocycles. The molecule has 33 heavy (non-hydrogen) atoms. The zero-order chi connectivity index (χ0) is 23.0. The molecule has 4 rings (SSSR count). The molecule has 1 saturated heterocycles. The van der Waals surface area contributed by atoms with E-state index in [0.29, 0.717) is 61.2 Å². The van der Waals surface area contributed by atoms with Crippen LogP contribution in [0.1, 0.15) is 11.1 Å². The van der Waals surface area contributed by atoms with Crippen molar-refractivity contribution >= 4 is 29.7 Å². The van der Waals surface area contributed by atoms with Crippen LogP contribution in [0, 0.1) is 6.92 Å². The Morgan fingerprint density at radius 1 is 0.939 bits per heavy atom. The van der Waals surface area contributed by atoms with Crippen LogP contribution in [-0.4, -0.2) is 61.7 Å². The van der Waals surface area contributed by atoms with E-state index in [1.807, 2.05) is 49.4 Å². The summed E-state index contributed by atoms with van der Waals surface area (Å²) in [4.78, 5) is 15.7. The number of aromatic nitrogens is 3. The second kappa shape index (κ2) is 10.6. The second-order valence-corrected chi connectivity index (χ2v) is 7.32. The van der Waals surface area contributed by atoms with E-state index in [9.17, 15) is 0 Å². The highest BCUT2D eigenvalue weighted by molar-refractivity contribution is 5.87. The standard InChI is InChI=1S/C23H27N7O3/c1-16-7-9-17(10-8-16)25-21-26-22(28-23(27-21)30-11-13-33-14-12-30)29-24-15-18-19(31-2)5-4-6-20(18)32-3/h4-10,15H,11-14H2,1-3H3,(H2,25,26,27,28,29)/b24-15+. The normalized spacial score (nSPS) is 13.7. The summed E-state index contributed by atoms with van der Waals surface area (Å²) in [5.74, 6) is 2.57. The SMILES string of the molecule is COc1cccc(OC)c1/C=N/Nc1nc(Nc2ccc(C)cc2)nc(N2CCOCC2)n1. The van der Waals surface area contributed by atoms with Gasteiger partial charge in [-0.1, -0.05) is 23.8 Å². The van der Waals surface area contributed by atoms with Crippen LogP contribution in [0.3, 0.4) is 0 Å².